The van der Waals surface area contributed by atoms with Crippen LogP contribution in [0.4, 0.5) is 17.1 Å². The van der Waals surface area contributed by atoms with Gasteiger partial charge in [-0.1, -0.05) is 249 Å². The second-order valence-corrected chi connectivity index (χ2v) is 20.7. The minimum Gasteiger partial charge on any atom is -0.311 e. The van der Waals surface area contributed by atoms with Gasteiger partial charge in [0.1, 0.15) is 0 Å². The summed E-state index contributed by atoms with van der Waals surface area (Å²) in [7, 11) is -2.68. The molecule has 11 aromatic rings. The lowest BCUT2D eigenvalue weighted by Gasteiger charge is -2.34. The molecule has 312 valence electrons. The number of fused-ring (bicyclic) bond motifs is 1. The highest BCUT2D eigenvalue weighted by Gasteiger charge is 2.41. The molecule has 0 atom stereocenters. The van der Waals surface area contributed by atoms with E-state index in [0.717, 1.165) is 17.1 Å². The second-order valence-electron chi connectivity index (χ2n) is 16.8. The van der Waals surface area contributed by atoms with Gasteiger partial charge in [0, 0.05) is 17.1 Å². The summed E-state index contributed by atoms with van der Waals surface area (Å²) in [6, 6.07) is 104. The van der Waals surface area contributed by atoms with E-state index in [9.17, 15) is 0 Å². The number of nitrogens with zero attached hydrogens (tertiary/aromatic N) is 1. The maximum absolute atomic E-state index is 2.68. The first-order chi connectivity index (χ1) is 32.7. The van der Waals surface area contributed by atoms with Crippen LogP contribution >= 0.6 is 0 Å². The van der Waals surface area contributed by atoms with Crippen LogP contribution < -0.4 is 25.6 Å². The van der Waals surface area contributed by atoms with E-state index in [0.29, 0.717) is 0 Å². The van der Waals surface area contributed by atoms with Crippen molar-refractivity contribution >= 4 is 56.7 Å². The van der Waals surface area contributed by atoms with E-state index in [1.165, 1.54) is 76.0 Å². The third-order valence-corrected chi connectivity index (χ3v) is 17.8. The van der Waals surface area contributed by atoms with Crippen molar-refractivity contribution in [2.24, 2.45) is 0 Å². The van der Waals surface area contributed by atoms with Gasteiger partial charge in [0.25, 0.3) is 0 Å². The van der Waals surface area contributed by atoms with E-state index in [1.54, 1.807) is 0 Å². The predicted molar refractivity (Wildman–Crippen MR) is 284 cm³/mol. The van der Waals surface area contributed by atoms with Crippen LogP contribution in [0.3, 0.4) is 0 Å². The summed E-state index contributed by atoms with van der Waals surface area (Å²) in [5.74, 6) is 0. The zero-order valence-corrected chi connectivity index (χ0v) is 37.6. The van der Waals surface area contributed by atoms with Gasteiger partial charge in [0.15, 0.2) is 8.07 Å². The first-order valence-corrected chi connectivity index (χ1v) is 24.7. The molecule has 0 heterocycles. The van der Waals surface area contributed by atoms with E-state index < -0.39 is 8.07 Å². The fourth-order valence-corrected chi connectivity index (χ4v) is 14.7. The molecule has 0 saturated carbocycles. The van der Waals surface area contributed by atoms with E-state index >= 15 is 0 Å². The Labute approximate surface area is 389 Å². The average molecular weight is 858 g/mol. The van der Waals surface area contributed by atoms with Crippen molar-refractivity contribution in [1.29, 1.82) is 0 Å². The summed E-state index contributed by atoms with van der Waals surface area (Å²) < 4.78 is 0. The lowest BCUT2D eigenvalue weighted by atomic mass is 9.91. The zero-order chi connectivity index (χ0) is 44.1. The lowest BCUT2D eigenvalue weighted by Crippen LogP contribution is -2.74. The molecule has 0 spiro atoms. The summed E-state index contributed by atoms with van der Waals surface area (Å²) in [6.45, 7) is 0. The van der Waals surface area contributed by atoms with Gasteiger partial charge in [-0.15, -0.1) is 0 Å². The molecule has 0 amide bonds. The Morgan fingerprint density at radius 3 is 1.00 bits per heavy atom. The van der Waals surface area contributed by atoms with Gasteiger partial charge in [-0.2, -0.15) is 0 Å². The monoisotopic (exact) mass is 857 g/mol. The molecular weight excluding hydrogens is 811 g/mol. The molecule has 66 heavy (non-hydrogen) atoms. The number of hydrogen-bond acceptors (Lipinski definition) is 1. The average Bonchev–Trinajstić information content (AvgIpc) is 3.41. The van der Waals surface area contributed by atoms with Crippen LogP contribution in [0.15, 0.2) is 285 Å². The molecule has 0 radical (unpaired) electrons. The Bertz CT molecular complexity index is 3250. The van der Waals surface area contributed by atoms with Crippen LogP contribution in [0.2, 0.25) is 0 Å². The molecule has 0 aromatic heterocycles. The Kier molecular flexibility index (Phi) is 11.1. The van der Waals surface area contributed by atoms with Crippen LogP contribution in [-0.2, 0) is 0 Å². The topological polar surface area (TPSA) is 3.24 Å². The fourth-order valence-electron chi connectivity index (χ4n) is 9.91. The van der Waals surface area contributed by atoms with Crippen LogP contribution in [0.5, 0.6) is 0 Å². The summed E-state index contributed by atoms with van der Waals surface area (Å²) in [6.07, 6.45) is 0. The van der Waals surface area contributed by atoms with Gasteiger partial charge in [0.2, 0.25) is 0 Å². The molecule has 11 aromatic carbocycles. The van der Waals surface area contributed by atoms with Crippen LogP contribution in [-0.4, -0.2) is 8.07 Å². The second kappa shape index (κ2) is 18.1. The quantitative estimate of drug-likeness (QED) is 0.0925. The van der Waals surface area contributed by atoms with Gasteiger partial charge in [-0.05, 0) is 112 Å². The Hall–Kier alpha value is -8.30. The number of benzene rings is 11. The SMILES string of the molecule is c1ccc(-c2ccc(N(c3ccc(-c4cccc([Si](c5ccccc5)(c5ccccc5)c5ccccc5)c4)cc3)c3ccc(-c4cccc5cccc(-c6ccccc6)c45)cc3)cc2)cc1. The molecule has 0 N–H and O–H groups in total. The highest BCUT2D eigenvalue weighted by molar-refractivity contribution is 7.19. The first kappa shape index (κ1) is 40.5. The van der Waals surface area contributed by atoms with Crippen molar-refractivity contribution < 1.29 is 0 Å². The van der Waals surface area contributed by atoms with E-state index in [4.69, 9.17) is 0 Å². The highest BCUT2D eigenvalue weighted by atomic mass is 28.3. The summed E-state index contributed by atoms with van der Waals surface area (Å²) in [4.78, 5) is 2.37. The van der Waals surface area contributed by atoms with Crippen LogP contribution in [0.25, 0.3) is 55.3 Å². The summed E-state index contributed by atoms with van der Waals surface area (Å²) in [5.41, 5.74) is 12.9. The number of rotatable bonds is 11. The van der Waals surface area contributed by atoms with Gasteiger partial charge in [-0.25, -0.2) is 0 Å². The van der Waals surface area contributed by atoms with Gasteiger partial charge in [0.05, 0.1) is 0 Å². The predicted octanol–water partition coefficient (Wildman–Crippen LogP) is 14.4. The molecule has 0 aliphatic carbocycles. The minimum atomic E-state index is -2.68. The number of hydrogen-bond donors (Lipinski definition) is 0. The van der Waals surface area contributed by atoms with Crippen LogP contribution in [0, 0.1) is 0 Å². The lowest BCUT2D eigenvalue weighted by molar-refractivity contribution is 1.28. The molecule has 0 fully saturated rings. The first-order valence-electron chi connectivity index (χ1n) is 22.7. The van der Waals surface area contributed by atoms with Gasteiger partial charge >= 0.3 is 0 Å². The zero-order valence-electron chi connectivity index (χ0n) is 36.6. The third-order valence-electron chi connectivity index (χ3n) is 13.0. The molecule has 0 unspecified atom stereocenters. The molecule has 2 heteroatoms. The normalized spacial score (nSPS) is 11.3. The summed E-state index contributed by atoms with van der Waals surface area (Å²) in [5, 5.41) is 7.96. The Morgan fingerprint density at radius 1 is 0.227 bits per heavy atom. The molecule has 11 rings (SSSR count). The van der Waals surface area contributed by atoms with Crippen molar-refractivity contribution in [1.82, 2.24) is 0 Å². The molecule has 0 aliphatic heterocycles. The van der Waals surface area contributed by atoms with Crippen molar-refractivity contribution in [3.63, 3.8) is 0 Å². The molecule has 0 saturated heterocycles. The standard InChI is InChI=1S/C64H47NSi/c1-6-19-48(20-7-1)49-35-41-55(42-36-49)65(57-45-39-52(40-46-57)63-34-18-24-53-23-17-33-62(64(53)63)51-21-8-2-9-22-51)56-43-37-50(38-44-56)54-25-16-32-61(47-54)66(58-26-10-3-11-27-58,59-28-12-4-13-29-59)60-30-14-5-15-31-60/h1-47H. The highest BCUT2D eigenvalue weighted by Crippen LogP contribution is 2.40. The Morgan fingerprint density at radius 2 is 0.545 bits per heavy atom. The molecule has 0 bridgehead atoms. The molecule has 1 nitrogen and oxygen atoms in total. The molecular formula is C64H47NSi. The van der Waals surface area contributed by atoms with Crippen LogP contribution in [0.1, 0.15) is 0 Å². The number of anilines is 3. The van der Waals surface area contributed by atoms with E-state index in [-0.39, 0.29) is 0 Å². The third kappa shape index (κ3) is 7.64. The van der Waals surface area contributed by atoms with Crippen molar-refractivity contribution in [3.8, 4) is 44.5 Å². The van der Waals surface area contributed by atoms with E-state index in [1.807, 2.05) is 0 Å². The largest absolute Gasteiger partial charge is 0.311 e. The van der Waals surface area contributed by atoms with Gasteiger partial charge < -0.3 is 4.90 Å². The van der Waals surface area contributed by atoms with Crippen molar-refractivity contribution in [3.05, 3.63) is 285 Å². The van der Waals surface area contributed by atoms with Crippen molar-refractivity contribution in [2.45, 2.75) is 0 Å². The van der Waals surface area contributed by atoms with Gasteiger partial charge in [-0.3, -0.25) is 0 Å². The maximum Gasteiger partial charge on any atom is 0.179 e. The maximum atomic E-state index is 2.45. The smallest absolute Gasteiger partial charge is 0.179 e. The minimum absolute atomic E-state index is 1.09. The molecule has 0 aliphatic rings. The fraction of sp³-hybridized carbons (Fsp3) is 0. The van der Waals surface area contributed by atoms with Crippen molar-refractivity contribution in [2.75, 3.05) is 4.90 Å². The summed E-state index contributed by atoms with van der Waals surface area (Å²) >= 11 is 0. The Balaban J connectivity index is 0.997. The van der Waals surface area contributed by atoms with E-state index in [2.05, 4.69) is 290 Å².